The van der Waals surface area contributed by atoms with Gasteiger partial charge in [-0.25, -0.2) is 0 Å². The Bertz CT molecular complexity index is 542. The molecule has 0 amide bonds. The lowest BCUT2D eigenvalue weighted by Gasteiger charge is -2.16. The van der Waals surface area contributed by atoms with Gasteiger partial charge in [-0.15, -0.1) is 11.8 Å². The standard InChI is InChI=1S/C16H19ClN2S/c1-12-6-8-13(9-7-12)10-14(19-18)11-20-16-5-3-2-4-15(16)17/h2-9,14,19H,10-11,18H2,1H3. The fourth-order valence-corrected chi connectivity index (χ4v) is 3.20. The molecular weight excluding hydrogens is 288 g/mol. The lowest BCUT2D eigenvalue weighted by molar-refractivity contribution is 0.575. The van der Waals surface area contributed by atoms with Gasteiger partial charge in [0.2, 0.25) is 0 Å². The highest BCUT2D eigenvalue weighted by molar-refractivity contribution is 7.99. The van der Waals surface area contributed by atoms with Gasteiger partial charge in [0.1, 0.15) is 0 Å². The quantitative estimate of drug-likeness (QED) is 0.484. The Morgan fingerprint density at radius 2 is 1.85 bits per heavy atom. The fraction of sp³-hybridized carbons (Fsp3) is 0.250. The molecule has 2 rings (SSSR count). The van der Waals surface area contributed by atoms with E-state index < -0.39 is 0 Å². The molecule has 0 aliphatic heterocycles. The number of thioether (sulfide) groups is 1. The summed E-state index contributed by atoms with van der Waals surface area (Å²) in [6.45, 7) is 2.09. The largest absolute Gasteiger partial charge is 0.271 e. The molecule has 0 radical (unpaired) electrons. The molecule has 0 aliphatic carbocycles. The number of aryl methyl sites for hydroxylation is 1. The van der Waals surface area contributed by atoms with E-state index >= 15 is 0 Å². The molecule has 2 aromatic carbocycles. The third kappa shape index (κ3) is 4.53. The van der Waals surface area contributed by atoms with E-state index in [-0.39, 0.29) is 6.04 Å². The SMILES string of the molecule is Cc1ccc(CC(CSc2ccccc2Cl)NN)cc1. The van der Waals surface area contributed by atoms with E-state index in [4.69, 9.17) is 17.4 Å². The van der Waals surface area contributed by atoms with Gasteiger partial charge in [-0.3, -0.25) is 11.3 Å². The van der Waals surface area contributed by atoms with E-state index in [9.17, 15) is 0 Å². The minimum absolute atomic E-state index is 0.221. The van der Waals surface area contributed by atoms with Crippen LogP contribution in [0.3, 0.4) is 0 Å². The highest BCUT2D eigenvalue weighted by atomic mass is 35.5. The van der Waals surface area contributed by atoms with Crippen LogP contribution in [0, 0.1) is 6.92 Å². The minimum Gasteiger partial charge on any atom is -0.271 e. The van der Waals surface area contributed by atoms with Gasteiger partial charge in [0.25, 0.3) is 0 Å². The molecule has 0 saturated heterocycles. The first kappa shape index (κ1) is 15.4. The molecule has 2 nitrogen and oxygen atoms in total. The first-order valence-corrected chi connectivity index (χ1v) is 7.94. The zero-order valence-electron chi connectivity index (χ0n) is 11.5. The summed E-state index contributed by atoms with van der Waals surface area (Å²) in [6.07, 6.45) is 0.911. The molecule has 0 spiro atoms. The van der Waals surface area contributed by atoms with Crippen molar-refractivity contribution in [3.05, 3.63) is 64.7 Å². The van der Waals surface area contributed by atoms with Gasteiger partial charge >= 0.3 is 0 Å². The molecule has 0 heterocycles. The summed E-state index contributed by atoms with van der Waals surface area (Å²) in [5.41, 5.74) is 5.46. The average molecular weight is 307 g/mol. The Hall–Kier alpha value is -1.00. The lowest BCUT2D eigenvalue weighted by atomic mass is 10.1. The Morgan fingerprint density at radius 1 is 1.15 bits per heavy atom. The summed E-state index contributed by atoms with van der Waals surface area (Å²) in [4.78, 5) is 1.10. The number of rotatable bonds is 6. The molecule has 1 unspecified atom stereocenters. The molecule has 0 saturated carbocycles. The van der Waals surface area contributed by atoms with Crippen LogP contribution in [-0.2, 0) is 6.42 Å². The van der Waals surface area contributed by atoms with Crippen LogP contribution in [-0.4, -0.2) is 11.8 Å². The summed E-state index contributed by atoms with van der Waals surface area (Å²) in [6, 6.07) is 16.7. The van der Waals surface area contributed by atoms with Crippen LogP contribution in [0.4, 0.5) is 0 Å². The lowest BCUT2D eigenvalue weighted by Crippen LogP contribution is -2.38. The van der Waals surface area contributed by atoms with Crippen LogP contribution in [0.1, 0.15) is 11.1 Å². The van der Waals surface area contributed by atoms with Crippen LogP contribution in [0.5, 0.6) is 0 Å². The molecule has 0 aliphatic rings. The van der Waals surface area contributed by atoms with Crippen molar-refractivity contribution in [2.75, 3.05) is 5.75 Å². The second-order valence-corrected chi connectivity index (χ2v) is 6.26. The monoisotopic (exact) mass is 306 g/mol. The molecule has 0 fully saturated rings. The highest BCUT2D eigenvalue weighted by Crippen LogP contribution is 2.27. The smallest absolute Gasteiger partial charge is 0.0541 e. The minimum atomic E-state index is 0.221. The van der Waals surface area contributed by atoms with Crippen LogP contribution < -0.4 is 11.3 Å². The van der Waals surface area contributed by atoms with E-state index in [1.54, 1.807) is 11.8 Å². The van der Waals surface area contributed by atoms with Crippen molar-refractivity contribution in [1.82, 2.24) is 5.43 Å². The third-order valence-corrected chi connectivity index (χ3v) is 4.79. The van der Waals surface area contributed by atoms with Gasteiger partial charge in [0.15, 0.2) is 0 Å². The van der Waals surface area contributed by atoms with E-state index in [2.05, 4.69) is 36.6 Å². The molecular formula is C16H19ClN2S. The molecule has 1 atom stereocenters. The summed E-state index contributed by atoms with van der Waals surface area (Å²) >= 11 is 7.88. The number of benzene rings is 2. The zero-order chi connectivity index (χ0) is 14.4. The molecule has 106 valence electrons. The molecule has 0 aromatic heterocycles. The second-order valence-electron chi connectivity index (χ2n) is 4.79. The first-order chi connectivity index (χ1) is 9.69. The van der Waals surface area contributed by atoms with Crippen LogP contribution in [0.25, 0.3) is 0 Å². The van der Waals surface area contributed by atoms with Gasteiger partial charge in [-0.1, -0.05) is 53.6 Å². The van der Waals surface area contributed by atoms with E-state index in [1.165, 1.54) is 11.1 Å². The van der Waals surface area contributed by atoms with Crippen molar-refractivity contribution in [2.45, 2.75) is 24.3 Å². The maximum atomic E-state index is 6.16. The summed E-state index contributed by atoms with van der Waals surface area (Å²) < 4.78 is 0. The van der Waals surface area contributed by atoms with E-state index in [0.29, 0.717) is 0 Å². The average Bonchev–Trinajstić information content (AvgIpc) is 2.47. The second kappa shape index (κ2) is 7.70. The van der Waals surface area contributed by atoms with Gasteiger partial charge in [0.05, 0.1) is 5.02 Å². The Kier molecular flexibility index (Phi) is 5.92. The maximum Gasteiger partial charge on any atom is 0.0541 e. The molecule has 0 bridgehead atoms. The number of hydrogen-bond donors (Lipinski definition) is 2. The van der Waals surface area contributed by atoms with Crippen molar-refractivity contribution < 1.29 is 0 Å². The summed E-state index contributed by atoms with van der Waals surface area (Å²) in [5, 5.41) is 0.795. The van der Waals surface area contributed by atoms with Crippen molar-refractivity contribution in [3.63, 3.8) is 0 Å². The third-order valence-electron chi connectivity index (χ3n) is 3.12. The molecule has 2 aromatic rings. The molecule has 3 N–H and O–H groups in total. The van der Waals surface area contributed by atoms with Gasteiger partial charge in [-0.05, 0) is 31.0 Å². The first-order valence-electron chi connectivity index (χ1n) is 6.58. The zero-order valence-corrected chi connectivity index (χ0v) is 13.0. The Balaban J connectivity index is 1.92. The highest BCUT2D eigenvalue weighted by Gasteiger charge is 2.09. The number of hydrazine groups is 1. The summed E-state index contributed by atoms with van der Waals surface area (Å²) in [5.74, 6) is 6.54. The van der Waals surface area contributed by atoms with Crippen molar-refractivity contribution >= 4 is 23.4 Å². The van der Waals surface area contributed by atoms with Crippen molar-refractivity contribution in [2.24, 2.45) is 5.84 Å². The van der Waals surface area contributed by atoms with Crippen molar-refractivity contribution in [3.8, 4) is 0 Å². The van der Waals surface area contributed by atoms with Crippen molar-refractivity contribution in [1.29, 1.82) is 0 Å². The van der Waals surface area contributed by atoms with Gasteiger partial charge < -0.3 is 0 Å². The fourth-order valence-electron chi connectivity index (χ4n) is 1.93. The number of nitrogens with one attached hydrogen (secondary N) is 1. The predicted molar refractivity (Wildman–Crippen MR) is 88.2 cm³/mol. The van der Waals surface area contributed by atoms with E-state index in [0.717, 1.165) is 22.1 Å². The number of halogens is 1. The molecule has 4 heteroatoms. The van der Waals surface area contributed by atoms with Crippen LogP contribution in [0.2, 0.25) is 5.02 Å². The Labute approximate surface area is 129 Å². The predicted octanol–water partition coefficient (Wildman–Crippen LogP) is 3.82. The summed E-state index contributed by atoms with van der Waals surface area (Å²) in [7, 11) is 0. The van der Waals surface area contributed by atoms with Gasteiger partial charge in [0, 0.05) is 16.7 Å². The topological polar surface area (TPSA) is 38.0 Å². The number of nitrogens with two attached hydrogens (primary N) is 1. The van der Waals surface area contributed by atoms with E-state index in [1.807, 2.05) is 24.3 Å². The number of hydrogen-bond acceptors (Lipinski definition) is 3. The van der Waals surface area contributed by atoms with Crippen LogP contribution >= 0.6 is 23.4 Å². The maximum absolute atomic E-state index is 6.16. The Morgan fingerprint density at radius 3 is 2.50 bits per heavy atom. The normalized spacial score (nSPS) is 12.3. The molecule has 20 heavy (non-hydrogen) atoms. The van der Waals surface area contributed by atoms with Gasteiger partial charge in [-0.2, -0.15) is 0 Å². The van der Waals surface area contributed by atoms with Crippen LogP contribution in [0.15, 0.2) is 53.4 Å².